The first-order chi connectivity index (χ1) is 9.30. The first kappa shape index (κ1) is 19.1. The first-order valence-corrected chi connectivity index (χ1v) is 7.90. The molecular weight excluding hydrogens is 248 g/mol. The summed E-state index contributed by atoms with van der Waals surface area (Å²) in [4.78, 5) is 11.2. The Kier molecular flexibility index (Phi) is 9.49. The molecule has 0 aliphatic rings. The van der Waals surface area contributed by atoms with Crippen LogP contribution in [0.4, 0.5) is 0 Å². The van der Waals surface area contributed by atoms with Crippen LogP contribution >= 0.6 is 0 Å². The lowest BCUT2D eigenvalue weighted by atomic mass is 9.92. The zero-order chi connectivity index (χ0) is 15.6. The van der Waals surface area contributed by atoms with Crippen LogP contribution in [0.25, 0.3) is 0 Å². The van der Waals surface area contributed by atoms with Crippen LogP contribution in [-0.4, -0.2) is 16.5 Å². The molecule has 1 N–H and O–H groups in total. The average molecular weight is 280 g/mol. The Balaban J connectivity index is 3.96. The van der Waals surface area contributed by atoms with E-state index in [0.29, 0.717) is 12.3 Å². The Bertz CT molecular complexity index is 337. The summed E-state index contributed by atoms with van der Waals surface area (Å²) < 4.78 is 0. The molecule has 0 aromatic heterocycles. The summed E-state index contributed by atoms with van der Waals surface area (Å²) in [5.74, 6) is 0.801. The summed E-state index contributed by atoms with van der Waals surface area (Å²) in [6.07, 6.45) is 11.4. The fourth-order valence-electron chi connectivity index (χ4n) is 2.02. The van der Waals surface area contributed by atoms with Crippen molar-refractivity contribution >= 4 is 5.78 Å². The topological polar surface area (TPSA) is 37.3 Å². The lowest BCUT2D eigenvalue weighted by Gasteiger charge is -2.21. The van der Waals surface area contributed by atoms with E-state index in [-0.39, 0.29) is 5.78 Å². The highest BCUT2D eigenvalue weighted by molar-refractivity contribution is 5.90. The summed E-state index contributed by atoms with van der Waals surface area (Å²) in [5.41, 5.74) is 0.521. The quantitative estimate of drug-likeness (QED) is 0.460. The van der Waals surface area contributed by atoms with Crippen LogP contribution in [0.5, 0.6) is 0 Å². The van der Waals surface area contributed by atoms with Crippen molar-refractivity contribution in [3.8, 4) is 0 Å². The highest BCUT2D eigenvalue weighted by atomic mass is 16.3. The fourth-order valence-corrected chi connectivity index (χ4v) is 2.02. The van der Waals surface area contributed by atoms with E-state index < -0.39 is 5.60 Å². The van der Waals surface area contributed by atoms with Gasteiger partial charge in [-0.15, -0.1) is 0 Å². The molecule has 0 aromatic carbocycles. The molecule has 0 aliphatic heterocycles. The van der Waals surface area contributed by atoms with E-state index in [4.69, 9.17) is 0 Å². The Morgan fingerprint density at radius 2 is 2.00 bits per heavy atom. The van der Waals surface area contributed by atoms with Gasteiger partial charge in [0.05, 0.1) is 5.60 Å². The van der Waals surface area contributed by atoms with Gasteiger partial charge in [0.1, 0.15) is 0 Å². The van der Waals surface area contributed by atoms with Crippen LogP contribution in [-0.2, 0) is 4.79 Å². The molecule has 0 fully saturated rings. The number of carbonyl (C=O) groups excluding carboxylic acids is 1. The Hall–Kier alpha value is -0.890. The largest absolute Gasteiger partial charge is 0.390 e. The molecule has 0 amide bonds. The Morgan fingerprint density at radius 1 is 1.35 bits per heavy atom. The van der Waals surface area contributed by atoms with E-state index >= 15 is 0 Å². The Morgan fingerprint density at radius 3 is 2.55 bits per heavy atom. The first-order valence-electron chi connectivity index (χ1n) is 7.90. The number of hydrogen-bond acceptors (Lipinski definition) is 2. The van der Waals surface area contributed by atoms with Crippen LogP contribution in [0.3, 0.4) is 0 Å². The second-order valence-electron chi connectivity index (χ2n) is 6.19. The second-order valence-corrected chi connectivity index (χ2v) is 6.19. The maximum atomic E-state index is 11.2. The lowest BCUT2D eigenvalue weighted by Crippen LogP contribution is -2.22. The molecule has 2 heteroatoms. The van der Waals surface area contributed by atoms with Crippen LogP contribution in [0.2, 0.25) is 0 Å². The van der Waals surface area contributed by atoms with Crippen LogP contribution < -0.4 is 0 Å². The van der Waals surface area contributed by atoms with Gasteiger partial charge in [0.15, 0.2) is 5.78 Å². The van der Waals surface area contributed by atoms with Gasteiger partial charge in [-0.2, -0.15) is 0 Å². The third-order valence-electron chi connectivity index (χ3n) is 3.83. The van der Waals surface area contributed by atoms with E-state index in [0.717, 1.165) is 37.7 Å². The summed E-state index contributed by atoms with van der Waals surface area (Å²) in [6, 6.07) is 0. The Labute approximate surface area is 125 Å². The van der Waals surface area contributed by atoms with Crippen molar-refractivity contribution in [3.63, 3.8) is 0 Å². The second kappa shape index (κ2) is 9.93. The van der Waals surface area contributed by atoms with Crippen molar-refractivity contribution in [3.05, 3.63) is 23.8 Å². The molecule has 0 radical (unpaired) electrons. The minimum absolute atomic E-state index is 0.182. The summed E-state index contributed by atoms with van der Waals surface area (Å²) in [7, 11) is 0. The average Bonchev–Trinajstić information content (AvgIpc) is 2.38. The van der Waals surface area contributed by atoms with E-state index in [1.165, 1.54) is 0 Å². The molecule has 0 aromatic rings. The predicted octanol–water partition coefficient (Wildman–Crippen LogP) is 4.83. The van der Waals surface area contributed by atoms with Crippen molar-refractivity contribution in [2.75, 3.05) is 0 Å². The fraction of sp³-hybridized carbons (Fsp3) is 0.722. The molecule has 0 heterocycles. The van der Waals surface area contributed by atoms with Crippen molar-refractivity contribution in [2.24, 2.45) is 5.92 Å². The van der Waals surface area contributed by atoms with E-state index in [1.54, 1.807) is 6.08 Å². The van der Waals surface area contributed by atoms with Crippen LogP contribution in [0, 0.1) is 5.92 Å². The number of ketones is 1. The van der Waals surface area contributed by atoms with Gasteiger partial charge in [-0.25, -0.2) is 0 Å². The molecule has 0 rings (SSSR count). The number of hydrogen-bond donors (Lipinski definition) is 1. The van der Waals surface area contributed by atoms with Gasteiger partial charge >= 0.3 is 0 Å². The van der Waals surface area contributed by atoms with Gasteiger partial charge in [0.2, 0.25) is 0 Å². The smallest absolute Gasteiger partial charge is 0.155 e. The number of carbonyl (C=O) groups is 1. The third-order valence-corrected chi connectivity index (χ3v) is 3.83. The number of rotatable bonds is 10. The van der Waals surface area contributed by atoms with E-state index in [1.807, 2.05) is 33.8 Å². The van der Waals surface area contributed by atoms with Crippen molar-refractivity contribution in [2.45, 2.75) is 78.7 Å². The molecular formula is C18H32O2. The van der Waals surface area contributed by atoms with Crippen molar-refractivity contribution in [1.82, 2.24) is 0 Å². The van der Waals surface area contributed by atoms with Gasteiger partial charge in [-0.1, -0.05) is 45.8 Å². The monoisotopic (exact) mass is 280 g/mol. The zero-order valence-corrected chi connectivity index (χ0v) is 13.9. The molecule has 2 atom stereocenters. The summed E-state index contributed by atoms with van der Waals surface area (Å²) in [6.45, 7) is 10.0. The number of allylic oxidation sites excluding steroid dienone is 4. The van der Waals surface area contributed by atoms with Crippen LogP contribution in [0.15, 0.2) is 23.8 Å². The SMILES string of the molecule is CCC(=O)/C=C(C)/C=C/CC(C)CCCC(C)(O)CC. The van der Waals surface area contributed by atoms with Crippen molar-refractivity contribution in [1.29, 1.82) is 0 Å². The highest BCUT2D eigenvalue weighted by Gasteiger charge is 2.16. The summed E-state index contributed by atoms with van der Waals surface area (Å²) >= 11 is 0. The summed E-state index contributed by atoms with van der Waals surface area (Å²) in [5, 5.41) is 9.94. The zero-order valence-electron chi connectivity index (χ0n) is 13.9. The van der Waals surface area contributed by atoms with Crippen molar-refractivity contribution < 1.29 is 9.90 Å². The molecule has 2 unspecified atom stereocenters. The lowest BCUT2D eigenvalue weighted by molar-refractivity contribution is -0.114. The van der Waals surface area contributed by atoms with Gasteiger partial charge in [-0.05, 0) is 50.7 Å². The maximum Gasteiger partial charge on any atom is 0.155 e. The minimum atomic E-state index is -0.505. The highest BCUT2D eigenvalue weighted by Crippen LogP contribution is 2.20. The number of aliphatic hydroxyl groups is 1. The third kappa shape index (κ3) is 9.96. The van der Waals surface area contributed by atoms with Gasteiger partial charge in [0, 0.05) is 6.42 Å². The molecule has 0 aliphatic carbocycles. The predicted molar refractivity (Wildman–Crippen MR) is 86.7 cm³/mol. The standard InChI is InChI=1S/C18H32O2/c1-6-17(19)14-16(4)11-8-10-15(3)12-9-13-18(5,20)7-2/h8,11,14-15,20H,6-7,9-10,12-13H2,1-5H3/b11-8+,16-14+. The van der Waals surface area contributed by atoms with Gasteiger partial charge < -0.3 is 5.11 Å². The molecule has 0 saturated carbocycles. The molecule has 116 valence electrons. The van der Waals surface area contributed by atoms with E-state index in [2.05, 4.69) is 13.0 Å². The van der Waals surface area contributed by atoms with Gasteiger partial charge in [-0.3, -0.25) is 4.79 Å². The normalized spacial score (nSPS) is 17.2. The molecule has 2 nitrogen and oxygen atoms in total. The van der Waals surface area contributed by atoms with Gasteiger partial charge in [0.25, 0.3) is 0 Å². The van der Waals surface area contributed by atoms with E-state index in [9.17, 15) is 9.90 Å². The molecule has 0 spiro atoms. The van der Waals surface area contributed by atoms with Crippen LogP contribution in [0.1, 0.15) is 73.1 Å². The molecule has 0 bridgehead atoms. The minimum Gasteiger partial charge on any atom is -0.390 e. The molecule has 20 heavy (non-hydrogen) atoms. The molecule has 0 saturated heterocycles. The maximum absolute atomic E-state index is 11.2.